The molecule has 1 aliphatic rings. The van der Waals surface area contributed by atoms with Crippen LogP contribution in [0.1, 0.15) is 31.9 Å². The number of benzene rings is 2. The summed E-state index contributed by atoms with van der Waals surface area (Å²) in [4.78, 5) is 12.9. The summed E-state index contributed by atoms with van der Waals surface area (Å²) in [6.07, 6.45) is -5.66. The summed E-state index contributed by atoms with van der Waals surface area (Å²) in [5, 5.41) is 5.82. The van der Waals surface area contributed by atoms with Gasteiger partial charge in [0.05, 0.1) is 37.6 Å². The summed E-state index contributed by atoms with van der Waals surface area (Å²) in [5.41, 5.74) is 2.65. The van der Waals surface area contributed by atoms with Gasteiger partial charge in [-0.05, 0) is 63.4 Å². The molecule has 1 unspecified atom stereocenters. The van der Waals surface area contributed by atoms with Gasteiger partial charge >= 0.3 is 6.36 Å². The normalized spacial score (nSPS) is 14.7. The lowest BCUT2D eigenvalue weighted by Crippen LogP contribution is -3.00. The van der Waals surface area contributed by atoms with Gasteiger partial charge in [-0.2, -0.15) is 0 Å². The van der Waals surface area contributed by atoms with Crippen LogP contribution in [0.25, 0.3) is 0 Å². The maximum Gasteiger partial charge on any atom is 0.573 e. The molecule has 1 amide bonds. The third-order valence-corrected chi connectivity index (χ3v) is 6.31. The standard InChI is InChI=1S/C26H30F3N3O3.ClH/c1-5-32(6-2,7-3)14-8-9-19-15-18(4)10-12-21(19)31-25(33)24-17-30-22-16-20(35-26(27,28)29)11-13-23(22)34-24;/h10-13,15-16,24,30H,5-7,14,17H2,1-4H3;1H. The molecule has 2 aromatic rings. The smallest absolute Gasteiger partial charge is 0.573 e. The summed E-state index contributed by atoms with van der Waals surface area (Å²) in [5.74, 6) is 6.02. The number of hydrogen-bond donors (Lipinski definition) is 2. The average molecular weight is 526 g/mol. The molecule has 0 fully saturated rings. The summed E-state index contributed by atoms with van der Waals surface area (Å²) >= 11 is 0. The highest BCUT2D eigenvalue weighted by Gasteiger charge is 2.32. The van der Waals surface area contributed by atoms with Gasteiger partial charge in [0, 0.05) is 11.6 Å². The number of fused-ring (bicyclic) bond motifs is 1. The van der Waals surface area contributed by atoms with Crippen LogP contribution in [-0.4, -0.2) is 55.6 Å². The highest BCUT2D eigenvalue weighted by molar-refractivity contribution is 5.96. The van der Waals surface area contributed by atoms with Gasteiger partial charge in [0.25, 0.3) is 5.91 Å². The molecule has 0 saturated heterocycles. The Kier molecular flexibility index (Phi) is 9.91. The number of nitrogens with zero attached hydrogens (tertiary/aromatic N) is 1. The molecule has 2 aromatic carbocycles. The SMILES string of the molecule is CC[N+](CC)(CC)CC#Cc1cc(C)ccc1NC(=O)C1CNc2cc(OC(F)(F)F)ccc2O1.[Cl-]. The fourth-order valence-corrected chi connectivity index (χ4v) is 3.88. The van der Waals surface area contributed by atoms with Crippen molar-refractivity contribution in [2.75, 3.05) is 43.4 Å². The minimum atomic E-state index is -4.79. The first kappa shape index (κ1) is 29.1. The second kappa shape index (κ2) is 12.2. The van der Waals surface area contributed by atoms with E-state index in [0.29, 0.717) is 11.4 Å². The molecule has 3 rings (SSSR count). The number of nitrogens with one attached hydrogen (secondary N) is 2. The lowest BCUT2D eigenvalue weighted by molar-refractivity contribution is -0.916. The maximum absolute atomic E-state index is 12.9. The number of quaternary nitrogens is 1. The molecule has 0 aliphatic carbocycles. The summed E-state index contributed by atoms with van der Waals surface area (Å²) in [6, 6.07) is 9.30. The number of carbonyl (C=O) groups excluding carboxylic acids is 1. The fourth-order valence-electron chi connectivity index (χ4n) is 3.88. The van der Waals surface area contributed by atoms with E-state index in [9.17, 15) is 18.0 Å². The van der Waals surface area contributed by atoms with Crippen molar-refractivity contribution in [3.63, 3.8) is 0 Å². The van der Waals surface area contributed by atoms with E-state index < -0.39 is 12.5 Å². The number of hydrogen-bond acceptors (Lipinski definition) is 4. The third kappa shape index (κ3) is 7.45. The lowest BCUT2D eigenvalue weighted by atomic mass is 10.1. The van der Waals surface area contributed by atoms with Gasteiger partial charge < -0.3 is 37.0 Å². The van der Waals surface area contributed by atoms with Crippen molar-refractivity contribution >= 4 is 17.3 Å². The van der Waals surface area contributed by atoms with E-state index in [4.69, 9.17) is 4.74 Å². The van der Waals surface area contributed by atoms with Gasteiger partial charge in [-0.1, -0.05) is 12.0 Å². The number of rotatable bonds is 7. The van der Waals surface area contributed by atoms with E-state index in [0.717, 1.165) is 47.9 Å². The van der Waals surface area contributed by atoms with Crippen LogP contribution in [-0.2, 0) is 4.79 Å². The Morgan fingerprint density at radius 3 is 2.50 bits per heavy atom. The fraction of sp³-hybridized carbons (Fsp3) is 0.423. The zero-order valence-corrected chi connectivity index (χ0v) is 21.5. The number of ether oxygens (including phenoxy) is 2. The molecule has 0 saturated carbocycles. The molecule has 1 heterocycles. The molecule has 0 bridgehead atoms. The van der Waals surface area contributed by atoms with E-state index >= 15 is 0 Å². The first-order chi connectivity index (χ1) is 16.6. The zero-order chi connectivity index (χ0) is 25.6. The van der Waals surface area contributed by atoms with Crippen LogP contribution in [0.15, 0.2) is 36.4 Å². The second-order valence-electron chi connectivity index (χ2n) is 8.48. The van der Waals surface area contributed by atoms with Crippen LogP contribution in [0.3, 0.4) is 0 Å². The molecule has 0 spiro atoms. The Hall–Kier alpha value is -3.09. The third-order valence-electron chi connectivity index (χ3n) is 6.31. The second-order valence-corrected chi connectivity index (χ2v) is 8.48. The minimum absolute atomic E-state index is 0. The Morgan fingerprint density at radius 2 is 1.86 bits per heavy atom. The Morgan fingerprint density at radius 1 is 1.17 bits per heavy atom. The molecule has 6 nitrogen and oxygen atoms in total. The molecule has 10 heteroatoms. The van der Waals surface area contributed by atoms with E-state index in [1.165, 1.54) is 12.1 Å². The van der Waals surface area contributed by atoms with Crippen molar-refractivity contribution in [2.45, 2.75) is 40.2 Å². The van der Waals surface area contributed by atoms with Crippen molar-refractivity contribution < 1.29 is 44.3 Å². The van der Waals surface area contributed by atoms with Crippen LogP contribution < -0.4 is 32.5 Å². The molecule has 1 aliphatic heterocycles. The summed E-state index contributed by atoms with van der Waals surface area (Å²) in [7, 11) is 0. The molecular weight excluding hydrogens is 495 g/mol. The quantitative estimate of drug-likeness (QED) is 0.428. The lowest BCUT2D eigenvalue weighted by Gasteiger charge is -2.33. The molecule has 0 radical (unpaired) electrons. The molecule has 0 aromatic heterocycles. The van der Waals surface area contributed by atoms with Crippen LogP contribution >= 0.6 is 0 Å². The Labute approximate surface area is 216 Å². The van der Waals surface area contributed by atoms with Crippen molar-refractivity contribution in [2.24, 2.45) is 0 Å². The van der Waals surface area contributed by atoms with Crippen LogP contribution in [0, 0.1) is 18.8 Å². The molecule has 196 valence electrons. The molecule has 1 atom stereocenters. The number of alkyl halides is 3. The van der Waals surface area contributed by atoms with Gasteiger partial charge in [0.2, 0.25) is 0 Å². The van der Waals surface area contributed by atoms with E-state index in [-0.39, 0.29) is 36.4 Å². The van der Waals surface area contributed by atoms with E-state index in [1.807, 2.05) is 25.1 Å². The Balaban J connectivity index is 0.00000456. The average Bonchev–Trinajstić information content (AvgIpc) is 2.82. The summed E-state index contributed by atoms with van der Waals surface area (Å²) < 4.78 is 47.9. The predicted molar refractivity (Wildman–Crippen MR) is 129 cm³/mol. The van der Waals surface area contributed by atoms with Gasteiger partial charge in [0.15, 0.2) is 6.10 Å². The predicted octanol–water partition coefficient (Wildman–Crippen LogP) is 1.94. The van der Waals surface area contributed by atoms with Crippen LogP contribution in [0.4, 0.5) is 24.5 Å². The molecular formula is C26H31ClF3N3O3. The number of halogens is 4. The highest BCUT2D eigenvalue weighted by Crippen LogP contribution is 2.35. The number of aryl methyl sites for hydroxylation is 1. The van der Waals surface area contributed by atoms with Gasteiger partial charge in [0.1, 0.15) is 18.0 Å². The maximum atomic E-state index is 12.9. The van der Waals surface area contributed by atoms with Gasteiger partial charge in [-0.15, -0.1) is 13.2 Å². The first-order valence-electron chi connectivity index (χ1n) is 11.6. The Bertz CT molecular complexity index is 1120. The van der Waals surface area contributed by atoms with Crippen LogP contribution in [0.5, 0.6) is 11.5 Å². The number of carbonyl (C=O) groups is 1. The first-order valence-corrected chi connectivity index (χ1v) is 11.6. The van der Waals surface area contributed by atoms with Crippen molar-refractivity contribution in [1.82, 2.24) is 0 Å². The zero-order valence-electron chi connectivity index (χ0n) is 20.8. The minimum Gasteiger partial charge on any atom is -1.00 e. The molecule has 36 heavy (non-hydrogen) atoms. The number of amides is 1. The van der Waals surface area contributed by atoms with E-state index in [2.05, 4.69) is 48.0 Å². The topological polar surface area (TPSA) is 59.6 Å². The van der Waals surface area contributed by atoms with E-state index in [1.54, 1.807) is 0 Å². The highest BCUT2D eigenvalue weighted by atomic mass is 35.5. The van der Waals surface area contributed by atoms with Crippen LogP contribution in [0.2, 0.25) is 0 Å². The van der Waals surface area contributed by atoms with Crippen molar-refractivity contribution in [3.05, 3.63) is 47.5 Å². The summed E-state index contributed by atoms with van der Waals surface area (Å²) in [6.45, 7) is 12.2. The van der Waals surface area contributed by atoms with Gasteiger partial charge in [-0.25, -0.2) is 0 Å². The van der Waals surface area contributed by atoms with Crippen molar-refractivity contribution in [3.8, 4) is 23.3 Å². The molecule has 2 N–H and O–H groups in total. The van der Waals surface area contributed by atoms with Gasteiger partial charge in [-0.3, -0.25) is 4.79 Å². The number of anilines is 2. The monoisotopic (exact) mass is 525 g/mol. The van der Waals surface area contributed by atoms with Crippen molar-refractivity contribution in [1.29, 1.82) is 0 Å². The largest absolute Gasteiger partial charge is 1.00 e.